The molecule has 0 aromatic carbocycles. The fraction of sp³-hybridized carbons (Fsp3) is 0.923. The van der Waals surface area contributed by atoms with Crippen LogP contribution in [0.5, 0.6) is 0 Å². The molecule has 0 saturated heterocycles. The maximum absolute atomic E-state index is 11.7. The van der Waals surface area contributed by atoms with Crippen LogP contribution in [0.2, 0.25) is 0 Å². The Labute approximate surface area is 127 Å². The van der Waals surface area contributed by atoms with E-state index >= 15 is 0 Å². The number of carbonyl (C=O) groups is 1. The number of Topliss-reactive ketones (excluding diaryl/α,β-unsaturated/α-hetero) is 1. The molecule has 0 heterocycles. The Morgan fingerprint density at radius 3 is 2.33 bits per heavy atom. The molecular weight excluding hydrogens is 297 g/mol. The summed E-state index contributed by atoms with van der Waals surface area (Å²) in [5, 5.41) is 0. The molecule has 126 valence electrons. The number of hydrogen-bond donors (Lipinski definition) is 1. The number of rotatable bonds is 12. The third kappa shape index (κ3) is 13.1. The summed E-state index contributed by atoms with van der Waals surface area (Å²) >= 11 is 0. The lowest BCUT2D eigenvalue weighted by atomic mass is 10.1. The predicted octanol–water partition coefficient (Wildman–Crippen LogP) is 1.46. The first-order valence-corrected chi connectivity index (χ1v) is 8.55. The number of ketones is 1. The molecule has 0 rings (SSSR count). The molecule has 0 aromatic heterocycles. The normalized spacial score (nSPS) is 16.5. The standard InChI is InChI=1S/C13H28NO6P/c1-6-18-10-13(9-12(2)15)11-20-21(16,17)19-8-7-14(3,4)5/h13H,6-11H2,1-5H3/p+1/t13-/m1/s1. The average molecular weight is 326 g/mol. The lowest BCUT2D eigenvalue weighted by Crippen LogP contribution is -2.37. The van der Waals surface area contributed by atoms with Crippen LogP contribution in [-0.4, -0.2) is 69.3 Å². The number of phosphoric ester groups is 1. The number of nitrogens with zero attached hydrogens (tertiary/aromatic N) is 1. The minimum Gasteiger partial charge on any atom is -0.381 e. The Bertz CT molecular complexity index is 355. The smallest absolute Gasteiger partial charge is 0.381 e. The Hall–Kier alpha value is -0.300. The van der Waals surface area contributed by atoms with Gasteiger partial charge in [-0.05, 0) is 13.8 Å². The van der Waals surface area contributed by atoms with E-state index in [1.807, 2.05) is 28.1 Å². The van der Waals surface area contributed by atoms with Crippen LogP contribution in [0.1, 0.15) is 20.3 Å². The zero-order valence-corrected chi connectivity index (χ0v) is 14.6. The molecule has 21 heavy (non-hydrogen) atoms. The van der Waals surface area contributed by atoms with Crippen LogP contribution in [0.4, 0.5) is 0 Å². The topological polar surface area (TPSA) is 82.1 Å². The number of ether oxygens (including phenoxy) is 1. The summed E-state index contributed by atoms with van der Waals surface area (Å²) < 4.78 is 27.5. The molecule has 0 aliphatic heterocycles. The van der Waals surface area contributed by atoms with Crippen molar-refractivity contribution in [3.8, 4) is 0 Å². The van der Waals surface area contributed by atoms with Crippen molar-refractivity contribution in [1.82, 2.24) is 0 Å². The Balaban J connectivity index is 4.21. The molecule has 0 aliphatic rings. The minimum atomic E-state index is -4.08. The lowest BCUT2D eigenvalue weighted by molar-refractivity contribution is -0.870. The summed E-state index contributed by atoms with van der Waals surface area (Å²) in [4.78, 5) is 20.7. The van der Waals surface area contributed by atoms with Gasteiger partial charge in [-0.25, -0.2) is 4.57 Å². The van der Waals surface area contributed by atoms with Crippen molar-refractivity contribution in [2.45, 2.75) is 20.3 Å². The molecular formula is C13H29NO6P+. The van der Waals surface area contributed by atoms with Crippen LogP contribution in [0.25, 0.3) is 0 Å². The largest absolute Gasteiger partial charge is 0.472 e. The first kappa shape index (κ1) is 20.7. The van der Waals surface area contributed by atoms with E-state index in [2.05, 4.69) is 0 Å². The number of carbonyl (C=O) groups excluding carboxylic acids is 1. The molecule has 8 heteroatoms. The second-order valence-electron chi connectivity index (χ2n) is 6.04. The fourth-order valence-electron chi connectivity index (χ4n) is 1.52. The highest BCUT2D eigenvalue weighted by atomic mass is 31.2. The van der Waals surface area contributed by atoms with E-state index in [0.29, 0.717) is 24.2 Å². The van der Waals surface area contributed by atoms with Crippen molar-refractivity contribution in [2.75, 3.05) is 54.1 Å². The molecule has 1 unspecified atom stereocenters. The second kappa shape index (κ2) is 9.66. The van der Waals surface area contributed by atoms with Crippen LogP contribution in [0.15, 0.2) is 0 Å². The molecule has 7 nitrogen and oxygen atoms in total. The summed E-state index contributed by atoms with van der Waals surface area (Å²) in [6.45, 7) is 4.81. The molecule has 0 radical (unpaired) electrons. The van der Waals surface area contributed by atoms with Crippen LogP contribution in [0.3, 0.4) is 0 Å². The van der Waals surface area contributed by atoms with Crippen molar-refractivity contribution < 1.29 is 32.5 Å². The van der Waals surface area contributed by atoms with E-state index < -0.39 is 7.82 Å². The molecule has 0 bridgehead atoms. The maximum Gasteiger partial charge on any atom is 0.472 e. The predicted molar refractivity (Wildman–Crippen MR) is 79.9 cm³/mol. The summed E-state index contributed by atoms with van der Waals surface area (Å²) in [6, 6.07) is 0. The van der Waals surface area contributed by atoms with Crippen LogP contribution < -0.4 is 0 Å². The van der Waals surface area contributed by atoms with E-state index in [1.54, 1.807) is 0 Å². The average Bonchev–Trinajstić information content (AvgIpc) is 2.30. The van der Waals surface area contributed by atoms with Crippen molar-refractivity contribution in [1.29, 1.82) is 0 Å². The molecule has 0 spiro atoms. The highest BCUT2D eigenvalue weighted by molar-refractivity contribution is 7.47. The van der Waals surface area contributed by atoms with Crippen molar-refractivity contribution in [3.63, 3.8) is 0 Å². The van der Waals surface area contributed by atoms with Gasteiger partial charge in [0.2, 0.25) is 0 Å². The van der Waals surface area contributed by atoms with Crippen molar-refractivity contribution >= 4 is 13.6 Å². The van der Waals surface area contributed by atoms with E-state index in [4.69, 9.17) is 13.8 Å². The van der Waals surface area contributed by atoms with Gasteiger partial charge >= 0.3 is 7.82 Å². The summed E-state index contributed by atoms with van der Waals surface area (Å²) in [5.74, 6) is -0.257. The lowest BCUT2D eigenvalue weighted by Gasteiger charge is -2.24. The first-order valence-electron chi connectivity index (χ1n) is 7.05. The molecule has 0 aliphatic carbocycles. The fourth-order valence-corrected chi connectivity index (χ4v) is 2.31. The summed E-state index contributed by atoms with van der Waals surface area (Å²) in [6.07, 6.45) is 0.249. The number of quaternary nitrogens is 1. The SMILES string of the molecule is CCOC[C@H](COP(=O)(O)OCC[N+](C)(C)C)CC(C)=O. The van der Waals surface area contributed by atoms with E-state index in [1.165, 1.54) is 6.92 Å². The van der Waals surface area contributed by atoms with Gasteiger partial charge in [-0.3, -0.25) is 9.05 Å². The van der Waals surface area contributed by atoms with Crippen LogP contribution in [0, 0.1) is 5.92 Å². The van der Waals surface area contributed by atoms with Gasteiger partial charge in [0.15, 0.2) is 0 Å². The quantitative estimate of drug-likeness (QED) is 0.432. The zero-order valence-electron chi connectivity index (χ0n) is 13.7. The third-order valence-electron chi connectivity index (χ3n) is 2.62. The monoisotopic (exact) mass is 326 g/mol. The summed E-state index contributed by atoms with van der Waals surface area (Å²) in [5.41, 5.74) is 0. The van der Waals surface area contributed by atoms with E-state index in [9.17, 15) is 14.3 Å². The summed E-state index contributed by atoms with van der Waals surface area (Å²) in [7, 11) is 1.78. The van der Waals surface area contributed by atoms with Gasteiger partial charge in [-0.2, -0.15) is 0 Å². The van der Waals surface area contributed by atoms with Crippen molar-refractivity contribution in [3.05, 3.63) is 0 Å². The van der Waals surface area contributed by atoms with Crippen LogP contribution in [-0.2, 0) is 23.1 Å². The van der Waals surface area contributed by atoms with Gasteiger partial charge in [0.1, 0.15) is 18.9 Å². The van der Waals surface area contributed by atoms with Gasteiger partial charge in [0.25, 0.3) is 0 Å². The maximum atomic E-state index is 11.7. The second-order valence-corrected chi connectivity index (χ2v) is 7.50. The van der Waals surface area contributed by atoms with Gasteiger partial charge in [0.05, 0.1) is 34.4 Å². The number of phosphoric acid groups is 1. The number of hydrogen-bond acceptors (Lipinski definition) is 5. The minimum absolute atomic E-state index is 0.0120. The third-order valence-corrected chi connectivity index (χ3v) is 3.61. The highest BCUT2D eigenvalue weighted by Gasteiger charge is 2.25. The molecule has 0 amide bonds. The molecule has 2 atom stereocenters. The van der Waals surface area contributed by atoms with Crippen LogP contribution >= 0.6 is 7.82 Å². The first-order chi connectivity index (χ1) is 9.56. The van der Waals surface area contributed by atoms with Gasteiger partial charge < -0.3 is 18.9 Å². The Morgan fingerprint density at radius 1 is 1.24 bits per heavy atom. The van der Waals surface area contributed by atoms with Gasteiger partial charge in [-0.1, -0.05) is 0 Å². The Morgan fingerprint density at radius 2 is 1.86 bits per heavy atom. The molecule has 0 saturated carbocycles. The molecule has 0 aromatic rings. The molecule has 1 N–H and O–H groups in total. The van der Waals surface area contributed by atoms with Gasteiger partial charge in [0, 0.05) is 18.9 Å². The van der Waals surface area contributed by atoms with Crippen molar-refractivity contribution in [2.24, 2.45) is 5.92 Å². The molecule has 0 fully saturated rings. The van der Waals surface area contributed by atoms with Gasteiger partial charge in [-0.15, -0.1) is 0 Å². The highest BCUT2D eigenvalue weighted by Crippen LogP contribution is 2.43. The number of likely N-dealkylation sites (N-methyl/N-ethyl adjacent to an activating group) is 1. The Kier molecular flexibility index (Phi) is 9.53. The van der Waals surface area contributed by atoms with E-state index in [-0.39, 0.29) is 31.3 Å². The zero-order chi connectivity index (χ0) is 16.5. The van der Waals surface area contributed by atoms with E-state index in [0.717, 1.165) is 0 Å².